The van der Waals surface area contributed by atoms with Crippen molar-refractivity contribution in [1.82, 2.24) is 28.7 Å². The Labute approximate surface area is 206 Å². The number of aromatic nitrogens is 6. The predicted molar refractivity (Wildman–Crippen MR) is 133 cm³/mol. The lowest BCUT2D eigenvalue weighted by Crippen LogP contribution is -2.24. The summed E-state index contributed by atoms with van der Waals surface area (Å²) in [4.78, 5) is 25.6. The number of ether oxygens (including phenoxy) is 2. The van der Waals surface area contributed by atoms with Gasteiger partial charge in [0.15, 0.2) is 0 Å². The first kappa shape index (κ1) is 22.9. The summed E-state index contributed by atoms with van der Waals surface area (Å²) in [5, 5.41) is 8.46. The first-order valence-corrected chi connectivity index (χ1v) is 11.2. The van der Waals surface area contributed by atoms with E-state index in [2.05, 4.69) is 10.2 Å². The Hall–Kier alpha value is -4.86. The van der Waals surface area contributed by atoms with E-state index in [0.29, 0.717) is 36.0 Å². The number of rotatable bonds is 8. The zero-order valence-electron chi connectivity index (χ0n) is 19.8. The molecule has 0 amide bonds. The van der Waals surface area contributed by atoms with Crippen molar-refractivity contribution in [2.75, 3.05) is 14.2 Å². The highest BCUT2D eigenvalue weighted by molar-refractivity contribution is 5.37. The molecule has 0 atom stereocenters. The van der Waals surface area contributed by atoms with Crippen molar-refractivity contribution in [1.29, 1.82) is 0 Å². The maximum atomic E-state index is 12.8. The van der Waals surface area contributed by atoms with Crippen LogP contribution in [0.15, 0.2) is 95.0 Å². The van der Waals surface area contributed by atoms with Gasteiger partial charge in [-0.2, -0.15) is 19.6 Å². The summed E-state index contributed by atoms with van der Waals surface area (Å²) >= 11 is 0. The fraction of sp³-hybridized carbons (Fsp3) is 0.154. The van der Waals surface area contributed by atoms with Crippen LogP contribution in [0.1, 0.15) is 11.1 Å². The van der Waals surface area contributed by atoms with Crippen molar-refractivity contribution in [3.8, 4) is 22.9 Å². The zero-order valence-corrected chi connectivity index (χ0v) is 19.8. The van der Waals surface area contributed by atoms with Crippen LogP contribution in [0.25, 0.3) is 11.4 Å². The predicted octanol–water partition coefficient (Wildman–Crippen LogP) is 2.50. The van der Waals surface area contributed by atoms with Crippen LogP contribution in [0.2, 0.25) is 0 Å². The molecule has 0 saturated heterocycles. The lowest BCUT2D eigenvalue weighted by atomic mass is 10.1. The molecule has 3 aromatic carbocycles. The molecule has 2 aromatic heterocycles. The molecule has 0 saturated carbocycles. The van der Waals surface area contributed by atoms with Crippen LogP contribution in [-0.2, 0) is 13.1 Å². The third-order valence-corrected chi connectivity index (χ3v) is 5.83. The molecule has 0 spiro atoms. The van der Waals surface area contributed by atoms with E-state index in [-0.39, 0.29) is 11.4 Å². The van der Waals surface area contributed by atoms with Crippen LogP contribution in [-0.4, -0.2) is 42.9 Å². The van der Waals surface area contributed by atoms with E-state index >= 15 is 0 Å². The van der Waals surface area contributed by atoms with Crippen molar-refractivity contribution in [2.45, 2.75) is 13.1 Å². The normalized spacial score (nSPS) is 10.9. The summed E-state index contributed by atoms with van der Waals surface area (Å²) in [6, 6.07) is 22.0. The molecule has 2 heterocycles. The second-order valence-corrected chi connectivity index (χ2v) is 8.12. The molecule has 0 aliphatic rings. The molecule has 0 aliphatic carbocycles. The number of nitrogens with zero attached hydrogens (tertiary/aromatic N) is 6. The summed E-state index contributed by atoms with van der Waals surface area (Å²) < 4.78 is 16.1. The molecule has 10 nitrogen and oxygen atoms in total. The Morgan fingerprint density at radius 2 is 0.944 bits per heavy atom. The first-order valence-electron chi connectivity index (χ1n) is 11.2. The van der Waals surface area contributed by atoms with Gasteiger partial charge >= 0.3 is 11.4 Å². The van der Waals surface area contributed by atoms with Crippen LogP contribution in [0.5, 0.6) is 11.5 Å². The van der Waals surface area contributed by atoms with Gasteiger partial charge in [-0.3, -0.25) is 9.13 Å². The van der Waals surface area contributed by atoms with Gasteiger partial charge in [0.2, 0.25) is 0 Å². The van der Waals surface area contributed by atoms with E-state index in [1.54, 1.807) is 71.9 Å². The van der Waals surface area contributed by atoms with E-state index in [4.69, 9.17) is 9.47 Å². The Balaban J connectivity index is 1.28. The highest BCUT2D eigenvalue weighted by atomic mass is 16.5. The number of benzene rings is 3. The third-order valence-electron chi connectivity index (χ3n) is 5.83. The van der Waals surface area contributed by atoms with Crippen LogP contribution in [0, 0.1) is 0 Å². The smallest absolute Gasteiger partial charge is 0.350 e. The maximum Gasteiger partial charge on any atom is 0.350 e. The quantitative estimate of drug-likeness (QED) is 0.336. The summed E-state index contributed by atoms with van der Waals surface area (Å²) in [5.74, 6) is 1.42. The van der Waals surface area contributed by atoms with Gasteiger partial charge in [0.25, 0.3) is 0 Å². The average molecular weight is 485 g/mol. The van der Waals surface area contributed by atoms with Gasteiger partial charge in [-0.15, -0.1) is 0 Å². The van der Waals surface area contributed by atoms with E-state index in [1.807, 2.05) is 24.3 Å². The lowest BCUT2D eigenvalue weighted by molar-refractivity contribution is 0.414. The molecule has 5 rings (SSSR count). The largest absolute Gasteiger partial charge is 0.497 e. The summed E-state index contributed by atoms with van der Waals surface area (Å²) in [6.45, 7) is 0.759. The van der Waals surface area contributed by atoms with Crippen LogP contribution < -0.4 is 20.9 Å². The van der Waals surface area contributed by atoms with Crippen LogP contribution in [0.4, 0.5) is 0 Å². The van der Waals surface area contributed by atoms with Crippen molar-refractivity contribution in [2.24, 2.45) is 0 Å². The minimum Gasteiger partial charge on any atom is -0.497 e. The molecule has 5 aromatic rings. The molecule has 0 fully saturated rings. The third kappa shape index (κ3) is 4.56. The summed E-state index contributed by atoms with van der Waals surface area (Å²) in [6.07, 6.45) is 3.04. The summed E-state index contributed by atoms with van der Waals surface area (Å²) in [5.41, 5.74) is 2.74. The second-order valence-electron chi connectivity index (χ2n) is 8.12. The van der Waals surface area contributed by atoms with E-state index in [9.17, 15) is 9.59 Å². The molecule has 182 valence electrons. The van der Waals surface area contributed by atoms with Crippen molar-refractivity contribution in [3.63, 3.8) is 0 Å². The van der Waals surface area contributed by atoms with Crippen LogP contribution >= 0.6 is 0 Å². The number of hydrogen-bond acceptors (Lipinski definition) is 6. The van der Waals surface area contributed by atoms with Crippen molar-refractivity contribution in [3.05, 3.63) is 118 Å². The van der Waals surface area contributed by atoms with Gasteiger partial charge in [-0.1, -0.05) is 24.3 Å². The van der Waals surface area contributed by atoms with E-state index < -0.39 is 0 Å². The highest BCUT2D eigenvalue weighted by Gasteiger charge is 2.10. The maximum absolute atomic E-state index is 12.8. The molecular weight excluding hydrogens is 460 g/mol. The Morgan fingerprint density at radius 1 is 0.583 bits per heavy atom. The minimum absolute atomic E-state index is 0.234. The lowest BCUT2D eigenvalue weighted by Gasteiger charge is -2.05. The molecule has 0 aliphatic heterocycles. The Morgan fingerprint density at radius 3 is 1.28 bits per heavy atom. The van der Waals surface area contributed by atoms with E-state index in [0.717, 1.165) is 11.1 Å². The molecule has 10 heteroatoms. The molecule has 0 N–H and O–H groups in total. The average Bonchev–Trinajstić information content (AvgIpc) is 3.47. The number of methoxy groups -OCH3 is 2. The summed E-state index contributed by atoms with van der Waals surface area (Å²) in [7, 11) is 3.18. The molecule has 0 bridgehead atoms. The molecule has 0 radical (unpaired) electrons. The van der Waals surface area contributed by atoms with Gasteiger partial charge in [0.1, 0.15) is 24.2 Å². The minimum atomic E-state index is -0.234. The van der Waals surface area contributed by atoms with Crippen molar-refractivity contribution < 1.29 is 9.47 Å². The zero-order chi connectivity index (χ0) is 25.1. The van der Waals surface area contributed by atoms with Crippen LogP contribution in [0.3, 0.4) is 0 Å². The Kier molecular flexibility index (Phi) is 6.23. The second kappa shape index (κ2) is 9.79. The fourth-order valence-electron chi connectivity index (χ4n) is 3.83. The SMILES string of the molecule is COc1ccc(-n2ncn(Cc3ccc(Cn4cnn(-c5ccc(OC)cc5)c4=O)cc3)c2=O)cc1. The van der Waals surface area contributed by atoms with Gasteiger partial charge in [-0.25, -0.2) is 9.59 Å². The van der Waals surface area contributed by atoms with Gasteiger partial charge < -0.3 is 9.47 Å². The number of hydrogen-bond donors (Lipinski definition) is 0. The van der Waals surface area contributed by atoms with Crippen molar-refractivity contribution >= 4 is 0 Å². The van der Waals surface area contributed by atoms with Gasteiger partial charge in [0, 0.05) is 0 Å². The van der Waals surface area contributed by atoms with Gasteiger partial charge in [-0.05, 0) is 59.7 Å². The standard InChI is InChI=1S/C26H24N6O4/c1-35-23-11-7-21(8-12-23)31-25(33)29(17-27-31)15-19-3-5-20(6-4-19)16-30-18-28-32(26(30)34)22-9-13-24(36-2)14-10-22/h3-14,17-18H,15-16H2,1-2H3. The molecular formula is C26H24N6O4. The first-order chi connectivity index (χ1) is 17.6. The fourth-order valence-corrected chi connectivity index (χ4v) is 3.83. The van der Waals surface area contributed by atoms with E-state index in [1.165, 1.54) is 22.0 Å². The topological polar surface area (TPSA) is 98.1 Å². The monoisotopic (exact) mass is 484 g/mol. The van der Waals surface area contributed by atoms with Gasteiger partial charge in [0.05, 0.1) is 38.7 Å². The molecule has 0 unspecified atom stereocenters. The highest BCUT2D eigenvalue weighted by Crippen LogP contribution is 2.14. The molecule has 36 heavy (non-hydrogen) atoms. The Bertz CT molecular complexity index is 1460.